The number of piperidine rings is 1. The minimum Gasteiger partial charge on any atom is -0.394 e. The van der Waals surface area contributed by atoms with Gasteiger partial charge in [0.15, 0.2) is 0 Å². The lowest BCUT2D eigenvalue weighted by Gasteiger charge is -2.28. The molecule has 1 fully saturated rings. The van der Waals surface area contributed by atoms with Gasteiger partial charge in [-0.15, -0.1) is 0 Å². The Morgan fingerprint density at radius 1 is 1.69 bits per heavy atom. The van der Waals surface area contributed by atoms with Crippen molar-refractivity contribution >= 4 is 5.91 Å². The molecule has 0 saturated carbocycles. The number of carbonyl (C=O) groups is 1. The zero-order valence-electron chi connectivity index (χ0n) is 10.0. The van der Waals surface area contributed by atoms with E-state index >= 15 is 0 Å². The average molecular weight is 230 g/mol. The second-order valence-corrected chi connectivity index (χ2v) is 4.42. The van der Waals surface area contributed by atoms with Crippen molar-refractivity contribution < 1.29 is 14.6 Å². The summed E-state index contributed by atoms with van der Waals surface area (Å²) in [6.07, 6.45) is 1.72. The number of ether oxygens (including phenoxy) is 1. The predicted molar refractivity (Wildman–Crippen MR) is 61.1 cm³/mol. The average Bonchev–Trinajstić information content (AvgIpc) is 2.28. The van der Waals surface area contributed by atoms with Crippen LogP contribution < -0.4 is 10.6 Å². The highest BCUT2D eigenvalue weighted by Crippen LogP contribution is 2.16. The second-order valence-electron chi connectivity index (χ2n) is 4.42. The van der Waals surface area contributed by atoms with Crippen LogP contribution in [0.4, 0.5) is 0 Å². The van der Waals surface area contributed by atoms with E-state index in [4.69, 9.17) is 9.84 Å². The van der Waals surface area contributed by atoms with Gasteiger partial charge >= 0.3 is 0 Å². The highest BCUT2D eigenvalue weighted by Gasteiger charge is 2.25. The Morgan fingerprint density at radius 3 is 3.00 bits per heavy atom. The third kappa shape index (κ3) is 4.08. The molecule has 1 aliphatic heterocycles. The maximum absolute atomic E-state index is 11.9. The quantitative estimate of drug-likeness (QED) is 0.595. The number of hydrogen-bond donors (Lipinski definition) is 3. The molecular formula is C11H22N2O3. The number of amides is 1. The number of nitrogens with one attached hydrogen (secondary N) is 2. The minimum atomic E-state index is -0.289. The zero-order chi connectivity index (χ0) is 12.0. The maximum Gasteiger partial charge on any atom is 0.223 e. The summed E-state index contributed by atoms with van der Waals surface area (Å²) in [5, 5.41) is 15.2. The summed E-state index contributed by atoms with van der Waals surface area (Å²) in [6, 6.07) is 0.0993. The Hall–Kier alpha value is -0.650. The van der Waals surface area contributed by atoms with Gasteiger partial charge < -0.3 is 20.5 Å². The van der Waals surface area contributed by atoms with Crippen LogP contribution in [0.15, 0.2) is 0 Å². The molecule has 0 aliphatic carbocycles. The summed E-state index contributed by atoms with van der Waals surface area (Å²) in [4.78, 5) is 11.9. The van der Waals surface area contributed by atoms with Crippen LogP contribution in [0, 0.1) is 5.92 Å². The van der Waals surface area contributed by atoms with Gasteiger partial charge in [0.05, 0.1) is 19.3 Å². The molecule has 3 unspecified atom stereocenters. The molecule has 1 saturated heterocycles. The van der Waals surface area contributed by atoms with E-state index in [-0.39, 0.29) is 24.5 Å². The molecule has 16 heavy (non-hydrogen) atoms. The Labute approximate surface area is 96.6 Å². The molecule has 1 rings (SSSR count). The lowest BCUT2D eigenvalue weighted by molar-refractivity contribution is -0.127. The van der Waals surface area contributed by atoms with Gasteiger partial charge in [-0.25, -0.2) is 0 Å². The number of aliphatic hydroxyl groups is 1. The first-order chi connectivity index (χ1) is 7.67. The number of carbonyl (C=O) groups excluding carboxylic acids is 1. The Balaban J connectivity index is 2.37. The lowest BCUT2D eigenvalue weighted by atomic mass is 9.92. The molecule has 94 valence electrons. The molecule has 0 aromatic heterocycles. The summed E-state index contributed by atoms with van der Waals surface area (Å²) in [5.74, 6) is 0.0895. The van der Waals surface area contributed by atoms with E-state index in [1.54, 1.807) is 7.11 Å². The van der Waals surface area contributed by atoms with Crippen LogP contribution in [-0.4, -0.2) is 50.0 Å². The largest absolute Gasteiger partial charge is 0.394 e. The van der Waals surface area contributed by atoms with Crippen molar-refractivity contribution in [2.45, 2.75) is 31.8 Å². The minimum absolute atomic E-state index is 0.0319. The molecular weight excluding hydrogens is 208 g/mol. The molecule has 1 amide bonds. The predicted octanol–water partition coefficient (Wildman–Crippen LogP) is -0.502. The molecule has 0 spiro atoms. The van der Waals surface area contributed by atoms with Gasteiger partial charge in [0.1, 0.15) is 0 Å². The van der Waals surface area contributed by atoms with Crippen molar-refractivity contribution in [3.05, 3.63) is 0 Å². The highest BCUT2D eigenvalue weighted by atomic mass is 16.5. The van der Waals surface area contributed by atoms with Crippen molar-refractivity contribution in [3.63, 3.8) is 0 Å². The van der Waals surface area contributed by atoms with Crippen molar-refractivity contribution in [1.29, 1.82) is 0 Å². The Bertz CT molecular complexity index is 223. The van der Waals surface area contributed by atoms with Crippen LogP contribution in [0.1, 0.15) is 19.8 Å². The molecule has 1 aliphatic rings. The summed E-state index contributed by atoms with van der Waals surface area (Å²) < 4.78 is 4.92. The van der Waals surface area contributed by atoms with Crippen molar-refractivity contribution in [3.8, 4) is 0 Å². The second kappa shape index (κ2) is 6.83. The summed E-state index contributed by atoms with van der Waals surface area (Å²) in [6.45, 7) is 3.23. The first kappa shape index (κ1) is 13.4. The maximum atomic E-state index is 11.9. The number of aliphatic hydroxyl groups excluding tert-OH is 1. The fraction of sp³-hybridized carbons (Fsp3) is 0.909. The smallest absolute Gasteiger partial charge is 0.223 e. The summed E-state index contributed by atoms with van der Waals surface area (Å²) in [5.41, 5.74) is 0. The fourth-order valence-corrected chi connectivity index (χ4v) is 2.03. The Morgan fingerprint density at radius 2 is 2.44 bits per heavy atom. The van der Waals surface area contributed by atoms with Crippen molar-refractivity contribution in [2.75, 3.05) is 26.9 Å². The van der Waals surface area contributed by atoms with E-state index in [9.17, 15) is 4.79 Å². The van der Waals surface area contributed by atoms with Gasteiger partial charge in [-0.05, 0) is 26.3 Å². The van der Waals surface area contributed by atoms with Crippen LogP contribution in [0.2, 0.25) is 0 Å². The van der Waals surface area contributed by atoms with Crippen molar-refractivity contribution in [1.82, 2.24) is 10.6 Å². The third-order valence-electron chi connectivity index (χ3n) is 2.93. The SMILES string of the molecule is COCC(CO)NC(=O)C1CCNC(C)C1. The molecule has 5 nitrogen and oxygen atoms in total. The van der Waals surface area contributed by atoms with Gasteiger partial charge in [-0.3, -0.25) is 4.79 Å². The molecule has 1 heterocycles. The summed E-state index contributed by atoms with van der Waals surface area (Å²) >= 11 is 0. The van der Waals surface area contributed by atoms with Gasteiger partial charge in [-0.1, -0.05) is 0 Å². The molecule has 0 aromatic carbocycles. The molecule has 3 N–H and O–H groups in total. The number of rotatable bonds is 5. The summed E-state index contributed by atoms with van der Waals surface area (Å²) in [7, 11) is 1.56. The highest BCUT2D eigenvalue weighted by molar-refractivity contribution is 5.79. The Kier molecular flexibility index (Phi) is 5.73. The lowest BCUT2D eigenvalue weighted by Crippen LogP contribution is -2.47. The van der Waals surface area contributed by atoms with E-state index < -0.39 is 0 Å². The van der Waals surface area contributed by atoms with Crippen molar-refractivity contribution in [2.24, 2.45) is 5.92 Å². The standard InChI is InChI=1S/C11H22N2O3/c1-8-5-9(3-4-12-8)11(15)13-10(6-14)7-16-2/h8-10,12,14H,3-7H2,1-2H3,(H,13,15). The van der Waals surface area contributed by atoms with Crippen LogP contribution >= 0.6 is 0 Å². The normalized spacial score (nSPS) is 27.4. The topological polar surface area (TPSA) is 70.6 Å². The first-order valence-corrected chi connectivity index (χ1v) is 5.81. The fourth-order valence-electron chi connectivity index (χ4n) is 2.03. The van der Waals surface area contributed by atoms with Crippen LogP contribution in [-0.2, 0) is 9.53 Å². The van der Waals surface area contributed by atoms with Crippen LogP contribution in [0.3, 0.4) is 0 Å². The van der Waals surface area contributed by atoms with E-state index in [1.165, 1.54) is 0 Å². The molecule has 5 heteroatoms. The van der Waals surface area contributed by atoms with Gasteiger partial charge in [0, 0.05) is 19.1 Å². The van der Waals surface area contributed by atoms with Gasteiger partial charge in [0.25, 0.3) is 0 Å². The first-order valence-electron chi connectivity index (χ1n) is 5.81. The molecule has 0 radical (unpaired) electrons. The molecule has 3 atom stereocenters. The monoisotopic (exact) mass is 230 g/mol. The molecule has 0 bridgehead atoms. The van der Waals surface area contributed by atoms with Crippen LogP contribution in [0.25, 0.3) is 0 Å². The number of hydrogen-bond acceptors (Lipinski definition) is 4. The zero-order valence-corrected chi connectivity index (χ0v) is 10.0. The van der Waals surface area contributed by atoms with Gasteiger partial charge in [0.2, 0.25) is 5.91 Å². The number of methoxy groups -OCH3 is 1. The van der Waals surface area contributed by atoms with E-state index in [0.29, 0.717) is 12.6 Å². The van der Waals surface area contributed by atoms with Gasteiger partial charge in [-0.2, -0.15) is 0 Å². The van der Waals surface area contributed by atoms with Crippen LogP contribution in [0.5, 0.6) is 0 Å². The third-order valence-corrected chi connectivity index (χ3v) is 2.93. The van der Waals surface area contributed by atoms with E-state index in [0.717, 1.165) is 19.4 Å². The molecule has 0 aromatic rings. The van der Waals surface area contributed by atoms with E-state index in [2.05, 4.69) is 17.6 Å². The van der Waals surface area contributed by atoms with E-state index in [1.807, 2.05) is 0 Å².